The molecular weight excluding hydrogens is 462 g/mol. The topological polar surface area (TPSA) is 66.6 Å². The van der Waals surface area contributed by atoms with Gasteiger partial charge in [-0.15, -0.1) is 11.3 Å². The lowest BCUT2D eigenvalue weighted by atomic mass is 10.1. The zero-order valence-electron chi connectivity index (χ0n) is 17.3. The van der Waals surface area contributed by atoms with E-state index in [0.717, 1.165) is 46.7 Å². The number of amides is 1. The Hall–Kier alpha value is -2.74. The standard InChI is InChI=1S/C24H22ClN3O2S2/c25-17-9-11-18(12-10-17)27-22(29)8-2-1-5-13-28-23(30)21(32-24(28)31)14-16-15-26-20-7-4-3-6-19(16)20/h3-4,6-7,9-12,14-15,30H,1-2,5,8,13H2,(H,27,29)/b16-14-. The van der Waals surface area contributed by atoms with Crippen LogP contribution >= 0.6 is 35.2 Å². The second-order valence-electron chi connectivity index (χ2n) is 7.45. The molecule has 3 aromatic rings. The van der Waals surface area contributed by atoms with Crippen LogP contribution in [-0.4, -0.2) is 21.8 Å². The number of allylic oxidation sites excluding steroid dienone is 1. The predicted molar refractivity (Wildman–Crippen MR) is 136 cm³/mol. The Morgan fingerprint density at radius 1 is 1.16 bits per heavy atom. The third kappa shape index (κ3) is 5.35. The number of hydrogen-bond donors (Lipinski definition) is 2. The number of carbonyl (C=O) groups excluding carboxylic acids is 1. The van der Waals surface area contributed by atoms with Crippen molar-refractivity contribution in [3.63, 3.8) is 0 Å². The molecule has 1 aliphatic rings. The molecule has 0 aliphatic carbocycles. The predicted octanol–water partition coefficient (Wildman–Crippen LogP) is 7.09. The maximum Gasteiger partial charge on any atom is 0.224 e. The number of aromatic nitrogens is 1. The smallest absolute Gasteiger partial charge is 0.224 e. The molecule has 0 atom stereocenters. The van der Waals surface area contributed by atoms with Gasteiger partial charge in [0.25, 0.3) is 0 Å². The number of benzene rings is 2. The summed E-state index contributed by atoms with van der Waals surface area (Å²) >= 11 is 12.7. The van der Waals surface area contributed by atoms with Gasteiger partial charge in [0.1, 0.15) is 0 Å². The number of unbranched alkanes of at least 4 members (excludes halogenated alkanes) is 2. The van der Waals surface area contributed by atoms with Crippen molar-refractivity contribution in [3.8, 4) is 5.88 Å². The molecule has 164 valence electrons. The van der Waals surface area contributed by atoms with Gasteiger partial charge in [0.05, 0.1) is 10.6 Å². The molecule has 2 N–H and O–H groups in total. The average Bonchev–Trinajstić information content (AvgIpc) is 3.31. The number of rotatable bonds is 8. The molecule has 2 heterocycles. The van der Waals surface area contributed by atoms with E-state index in [1.54, 1.807) is 28.8 Å². The summed E-state index contributed by atoms with van der Waals surface area (Å²) in [6.45, 7) is 0.619. The molecule has 2 aromatic carbocycles. The summed E-state index contributed by atoms with van der Waals surface area (Å²) in [5.41, 5.74) is 3.69. The third-order valence-electron chi connectivity index (χ3n) is 5.15. The van der Waals surface area contributed by atoms with Gasteiger partial charge in [0, 0.05) is 41.0 Å². The fraction of sp³-hybridized carbons (Fsp3) is 0.208. The van der Waals surface area contributed by atoms with E-state index >= 15 is 0 Å². The minimum absolute atomic E-state index is 0.0188. The van der Waals surface area contributed by atoms with Gasteiger partial charge < -0.3 is 10.4 Å². The van der Waals surface area contributed by atoms with Gasteiger partial charge in [-0.2, -0.15) is 0 Å². The minimum Gasteiger partial charge on any atom is -0.493 e. The first-order valence-electron chi connectivity index (χ1n) is 10.3. The van der Waals surface area contributed by atoms with Crippen LogP contribution in [0, 0.1) is 3.95 Å². The molecule has 32 heavy (non-hydrogen) atoms. The first-order chi connectivity index (χ1) is 15.5. The minimum atomic E-state index is -0.0188. The summed E-state index contributed by atoms with van der Waals surface area (Å²) in [5, 5.41) is 14.2. The van der Waals surface area contributed by atoms with Gasteiger partial charge in [0.2, 0.25) is 11.8 Å². The van der Waals surface area contributed by atoms with Gasteiger partial charge in [-0.05, 0) is 61.5 Å². The number of thiazole rings is 1. The molecular formula is C24H22ClN3O2S2. The van der Waals surface area contributed by atoms with E-state index in [0.29, 0.717) is 21.9 Å². The lowest BCUT2D eigenvalue weighted by Crippen LogP contribution is -2.11. The van der Waals surface area contributed by atoms with Crippen LogP contribution in [0.4, 0.5) is 11.4 Å². The number of aliphatic imine (C=N–C) groups is 1. The van der Waals surface area contributed by atoms with Crippen molar-refractivity contribution in [3.05, 3.63) is 67.9 Å². The van der Waals surface area contributed by atoms with Crippen molar-refractivity contribution in [2.45, 2.75) is 32.2 Å². The van der Waals surface area contributed by atoms with Crippen LogP contribution in [0.3, 0.4) is 0 Å². The van der Waals surface area contributed by atoms with E-state index in [-0.39, 0.29) is 11.8 Å². The summed E-state index contributed by atoms with van der Waals surface area (Å²) in [4.78, 5) is 17.2. The van der Waals surface area contributed by atoms with E-state index in [9.17, 15) is 9.90 Å². The van der Waals surface area contributed by atoms with Crippen molar-refractivity contribution in [2.24, 2.45) is 4.99 Å². The summed E-state index contributed by atoms with van der Waals surface area (Å²) < 4.78 is 2.40. The molecule has 0 spiro atoms. The van der Waals surface area contributed by atoms with E-state index in [2.05, 4.69) is 10.3 Å². The molecule has 5 nitrogen and oxygen atoms in total. The Morgan fingerprint density at radius 3 is 2.75 bits per heavy atom. The molecule has 1 aliphatic heterocycles. The summed E-state index contributed by atoms with van der Waals surface area (Å²) in [5.74, 6) is 0.167. The van der Waals surface area contributed by atoms with Crippen molar-refractivity contribution in [1.29, 1.82) is 0 Å². The highest BCUT2D eigenvalue weighted by molar-refractivity contribution is 7.73. The van der Waals surface area contributed by atoms with Crippen LogP contribution in [0.25, 0.3) is 11.6 Å². The highest BCUT2D eigenvalue weighted by atomic mass is 35.5. The zero-order valence-corrected chi connectivity index (χ0v) is 19.6. The second kappa shape index (κ2) is 10.3. The van der Waals surface area contributed by atoms with Crippen LogP contribution in [0.2, 0.25) is 5.02 Å². The fourth-order valence-corrected chi connectivity index (χ4v) is 4.93. The molecule has 0 saturated carbocycles. The molecule has 1 aromatic heterocycles. The maximum absolute atomic E-state index is 12.1. The van der Waals surface area contributed by atoms with Gasteiger partial charge in [-0.1, -0.05) is 36.2 Å². The number of halogens is 1. The highest BCUT2D eigenvalue weighted by Gasteiger charge is 2.15. The van der Waals surface area contributed by atoms with Crippen molar-refractivity contribution < 1.29 is 9.90 Å². The molecule has 0 unspecified atom stereocenters. The van der Waals surface area contributed by atoms with Gasteiger partial charge in [-0.25, -0.2) is 0 Å². The van der Waals surface area contributed by atoms with Crippen LogP contribution in [0.15, 0.2) is 53.5 Å². The van der Waals surface area contributed by atoms with Crippen molar-refractivity contribution >= 4 is 70.3 Å². The Labute approximate surface area is 200 Å². The first kappa shape index (κ1) is 22.5. The average molecular weight is 484 g/mol. The SMILES string of the molecule is O=C(CCCCCn1c(O)c(/C=C2/C=Nc3ccccc32)sc1=S)Nc1ccc(Cl)cc1. The molecule has 4 rings (SSSR count). The van der Waals surface area contributed by atoms with E-state index < -0.39 is 0 Å². The third-order valence-corrected chi connectivity index (χ3v) is 6.79. The lowest BCUT2D eigenvalue weighted by molar-refractivity contribution is -0.116. The number of para-hydroxylation sites is 1. The van der Waals surface area contributed by atoms with Gasteiger partial charge in [-0.3, -0.25) is 14.4 Å². The van der Waals surface area contributed by atoms with Crippen molar-refractivity contribution in [2.75, 3.05) is 5.32 Å². The number of anilines is 1. The Bertz CT molecular complexity index is 1240. The van der Waals surface area contributed by atoms with Crippen LogP contribution < -0.4 is 5.32 Å². The van der Waals surface area contributed by atoms with Crippen molar-refractivity contribution in [1.82, 2.24) is 4.57 Å². The van der Waals surface area contributed by atoms with E-state index in [1.807, 2.05) is 36.6 Å². The number of carbonyl (C=O) groups is 1. The molecule has 0 saturated heterocycles. The summed E-state index contributed by atoms with van der Waals surface area (Å²) in [7, 11) is 0. The quantitative estimate of drug-likeness (QED) is 0.265. The first-order valence-corrected chi connectivity index (χ1v) is 11.9. The van der Waals surface area contributed by atoms with E-state index in [1.165, 1.54) is 11.3 Å². The molecule has 0 fully saturated rings. The Kier molecular flexibility index (Phi) is 7.19. The van der Waals surface area contributed by atoms with Crippen LogP contribution in [-0.2, 0) is 11.3 Å². The number of hydrogen-bond acceptors (Lipinski definition) is 5. The number of fused-ring (bicyclic) bond motifs is 1. The highest BCUT2D eigenvalue weighted by Crippen LogP contribution is 2.35. The maximum atomic E-state index is 12.1. The number of nitrogens with zero attached hydrogens (tertiary/aromatic N) is 2. The monoisotopic (exact) mass is 483 g/mol. The fourth-order valence-electron chi connectivity index (χ4n) is 3.49. The zero-order chi connectivity index (χ0) is 22.5. The Morgan fingerprint density at radius 2 is 1.94 bits per heavy atom. The molecule has 0 bridgehead atoms. The molecule has 0 radical (unpaired) electrons. The van der Waals surface area contributed by atoms with Crippen LogP contribution in [0.5, 0.6) is 5.88 Å². The van der Waals surface area contributed by atoms with Gasteiger partial charge in [0.15, 0.2) is 3.95 Å². The largest absolute Gasteiger partial charge is 0.493 e. The lowest BCUT2D eigenvalue weighted by Gasteiger charge is -2.07. The Balaban J connectivity index is 1.28. The number of aromatic hydroxyl groups is 1. The second-order valence-corrected chi connectivity index (χ2v) is 9.56. The summed E-state index contributed by atoms with van der Waals surface area (Å²) in [6.07, 6.45) is 6.64. The van der Waals surface area contributed by atoms with Gasteiger partial charge >= 0.3 is 0 Å². The van der Waals surface area contributed by atoms with Crippen LogP contribution in [0.1, 0.15) is 36.1 Å². The van der Waals surface area contributed by atoms with E-state index in [4.69, 9.17) is 23.8 Å². The molecule has 1 amide bonds. The number of nitrogens with one attached hydrogen (secondary N) is 1. The molecule has 8 heteroatoms. The normalized spacial score (nSPS) is 13.5. The summed E-state index contributed by atoms with van der Waals surface area (Å²) in [6, 6.07) is 15.0.